The van der Waals surface area contributed by atoms with Crippen molar-refractivity contribution in [2.75, 3.05) is 19.4 Å². The molecule has 0 aliphatic heterocycles. The van der Waals surface area contributed by atoms with Crippen LogP contribution in [-0.2, 0) is 10.0 Å². The molecule has 1 aromatic rings. The first kappa shape index (κ1) is 13.5. The van der Waals surface area contributed by atoms with Gasteiger partial charge in [-0.3, -0.25) is 0 Å². The summed E-state index contributed by atoms with van der Waals surface area (Å²) in [6, 6.07) is 6.84. The van der Waals surface area contributed by atoms with Crippen molar-refractivity contribution in [3.63, 3.8) is 0 Å². The summed E-state index contributed by atoms with van der Waals surface area (Å²) in [4.78, 5) is 1.01. The standard InChI is InChI=1S/C10H15NO3S2/c1-11-16(13,14)10-6-3-2-5-9(10)15-8-4-7-12/h2-3,5-6,11-12H,4,7-8H2,1H3. The zero-order valence-corrected chi connectivity index (χ0v) is 10.6. The lowest BCUT2D eigenvalue weighted by Crippen LogP contribution is -2.19. The fourth-order valence-corrected chi connectivity index (χ4v) is 3.34. The molecule has 0 heterocycles. The lowest BCUT2D eigenvalue weighted by atomic mass is 10.4. The number of hydrogen-bond acceptors (Lipinski definition) is 4. The summed E-state index contributed by atoms with van der Waals surface area (Å²) in [6.07, 6.45) is 0.651. The molecule has 0 fully saturated rings. The lowest BCUT2D eigenvalue weighted by molar-refractivity contribution is 0.296. The Hall–Kier alpha value is -0.560. The van der Waals surface area contributed by atoms with Crippen molar-refractivity contribution in [1.29, 1.82) is 0 Å². The first-order valence-corrected chi connectivity index (χ1v) is 7.35. The minimum absolute atomic E-state index is 0.119. The fraction of sp³-hybridized carbons (Fsp3) is 0.400. The predicted octanol–water partition coefficient (Wildman–Crippen LogP) is 1.07. The fourth-order valence-electron chi connectivity index (χ4n) is 1.15. The molecule has 0 atom stereocenters. The molecule has 0 aliphatic rings. The first-order chi connectivity index (χ1) is 7.61. The van der Waals surface area contributed by atoms with Gasteiger partial charge in [-0.1, -0.05) is 12.1 Å². The molecular weight excluding hydrogens is 246 g/mol. The number of thioether (sulfide) groups is 1. The number of benzene rings is 1. The number of rotatable bonds is 6. The molecule has 0 amide bonds. The Labute approximate surface area is 100 Å². The third-order valence-electron chi connectivity index (χ3n) is 1.97. The number of nitrogens with one attached hydrogen (secondary N) is 1. The molecule has 0 unspecified atom stereocenters. The highest BCUT2D eigenvalue weighted by Gasteiger charge is 2.15. The van der Waals surface area contributed by atoms with E-state index in [0.29, 0.717) is 22.0 Å². The Balaban J connectivity index is 2.92. The number of aliphatic hydroxyl groups excluding tert-OH is 1. The highest BCUT2D eigenvalue weighted by atomic mass is 32.2. The number of sulfonamides is 1. The average Bonchev–Trinajstić information content (AvgIpc) is 2.30. The van der Waals surface area contributed by atoms with E-state index in [1.54, 1.807) is 24.3 Å². The van der Waals surface area contributed by atoms with Crippen LogP contribution >= 0.6 is 11.8 Å². The van der Waals surface area contributed by atoms with Crippen molar-refractivity contribution < 1.29 is 13.5 Å². The molecule has 0 aromatic heterocycles. The van der Waals surface area contributed by atoms with Gasteiger partial charge in [0.15, 0.2) is 0 Å². The van der Waals surface area contributed by atoms with Gasteiger partial charge < -0.3 is 5.11 Å². The summed E-state index contributed by atoms with van der Waals surface area (Å²) < 4.78 is 25.7. The lowest BCUT2D eigenvalue weighted by Gasteiger charge is -2.08. The molecular formula is C10H15NO3S2. The topological polar surface area (TPSA) is 66.4 Å². The molecule has 0 saturated heterocycles. The summed E-state index contributed by atoms with van der Waals surface area (Å²) >= 11 is 1.43. The van der Waals surface area contributed by atoms with E-state index in [1.807, 2.05) is 0 Å². The van der Waals surface area contributed by atoms with Gasteiger partial charge in [0.2, 0.25) is 10.0 Å². The van der Waals surface area contributed by atoms with Crippen molar-refractivity contribution in [3.05, 3.63) is 24.3 Å². The normalized spacial score (nSPS) is 11.6. The van der Waals surface area contributed by atoms with Crippen LogP contribution in [0.25, 0.3) is 0 Å². The second-order valence-corrected chi connectivity index (χ2v) is 6.07. The highest BCUT2D eigenvalue weighted by molar-refractivity contribution is 8.00. The molecule has 90 valence electrons. The van der Waals surface area contributed by atoms with Gasteiger partial charge in [0.05, 0.1) is 4.90 Å². The Kier molecular flexibility index (Phi) is 5.27. The van der Waals surface area contributed by atoms with Crippen molar-refractivity contribution >= 4 is 21.8 Å². The molecule has 4 nitrogen and oxygen atoms in total. The van der Waals surface area contributed by atoms with Crippen LogP contribution in [0.1, 0.15) is 6.42 Å². The van der Waals surface area contributed by atoms with E-state index in [1.165, 1.54) is 18.8 Å². The number of aliphatic hydroxyl groups is 1. The summed E-state index contributed by atoms with van der Waals surface area (Å²) in [7, 11) is -2.01. The third kappa shape index (κ3) is 3.48. The SMILES string of the molecule is CNS(=O)(=O)c1ccccc1SCCCO. The molecule has 2 N–H and O–H groups in total. The summed E-state index contributed by atoms with van der Waals surface area (Å²) in [5.41, 5.74) is 0. The summed E-state index contributed by atoms with van der Waals surface area (Å²) in [6.45, 7) is 0.119. The van der Waals surface area contributed by atoms with Gasteiger partial charge in [-0.2, -0.15) is 0 Å². The van der Waals surface area contributed by atoms with Gasteiger partial charge in [0.1, 0.15) is 0 Å². The predicted molar refractivity (Wildman–Crippen MR) is 65.1 cm³/mol. The molecule has 0 radical (unpaired) electrons. The molecule has 0 aliphatic carbocycles. The molecule has 6 heteroatoms. The van der Waals surface area contributed by atoms with Crippen molar-refractivity contribution in [1.82, 2.24) is 4.72 Å². The third-order valence-corrected chi connectivity index (χ3v) is 4.73. The minimum Gasteiger partial charge on any atom is -0.396 e. The van der Waals surface area contributed by atoms with Crippen LogP contribution in [-0.4, -0.2) is 32.9 Å². The van der Waals surface area contributed by atoms with Crippen LogP contribution < -0.4 is 4.72 Å². The maximum atomic E-state index is 11.7. The zero-order chi connectivity index (χ0) is 12.0. The largest absolute Gasteiger partial charge is 0.396 e. The van der Waals surface area contributed by atoms with E-state index >= 15 is 0 Å². The second kappa shape index (κ2) is 6.24. The quantitative estimate of drug-likeness (QED) is 0.594. The highest BCUT2D eigenvalue weighted by Crippen LogP contribution is 2.26. The van der Waals surface area contributed by atoms with Gasteiger partial charge in [-0.05, 0) is 25.6 Å². The number of hydrogen-bond donors (Lipinski definition) is 2. The average molecular weight is 261 g/mol. The maximum absolute atomic E-state index is 11.7. The summed E-state index contributed by atoms with van der Waals surface area (Å²) in [5, 5.41) is 8.68. The smallest absolute Gasteiger partial charge is 0.241 e. The van der Waals surface area contributed by atoms with E-state index in [9.17, 15) is 8.42 Å². The summed E-state index contributed by atoms with van der Waals surface area (Å²) in [5.74, 6) is 0.701. The monoisotopic (exact) mass is 261 g/mol. The molecule has 0 spiro atoms. The maximum Gasteiger partial charge on any atom is 0.241 e. The Morgan fingerprint density at radius 2 is 2.06 bits per heavy atom. The van der Waals surface area contributed by atoms with Gasteiger partial charge in [-0.25, -0.2) is 13.1 Å². The van der Waals surface area contributed by atoms with Crippen LogP contribution in [0.2, 0.25) is 0 Å². The van der Waals surface area contributed by atoms with Crippen LogP contribution in [0.3, 0.4) is 0 Å². The van der Waals surface area contributed by atoms with Gasteiger partial charge >= 0.3 is 0 Å². The van der Waals surface area contributed by atoms with Crippen LogP contribution in [0.15, 0.2) is 34.1 Å². The molecule has 0 bridgehead atoms. The second-order valence-electron chi connectivity index (χ2n) is 3.08. The Bertz CT molecular complexity index is 431. The van der Waals surface area contributed by atoms with Crippen molar-refractivity contribution in [3.8, 4) is 0 Å². The van der Waals surface area contributed by atoms with E-state index < -0.39 is 10.0 Å². The van der Waals surface area contributed by atoms with Crippen molar-refractivity contribution in [2.45, 2.75) is 16.2 Å². The van der Waals surface area contributed by atoms with Crippen LogP contribution in [0, 0.1) is 0 Å². The molecule has 1 rings (SSSR count). The molecule has 16 heavy (non-hydrogen) atoms. The van der Waals surface area contributed by atoms with E-state index in [2.05, 4.69) is 4.72 Å². The van der Waals surface area contributed by atoms with E-state index in [-0.39, 0.29) is 6.61 Å². The van der Waals surface area contributed by atoms with E-state index in [4.69, 9.17) is 5.11 Å². The van der Waals surface area contributed by atoms with Crippen molar-refractivity contribution in [2.24, 2.45) is 0 Å². The molecule has 1 aromatic carbocycles. The minimum atomic E-state index is -3.40. The Morgan fingerprint density at radius 1 is 1.38 bits per heavy atom. The van der Waals surface area contributed by atoms with Crippen LogP contribution in [0.5, 0.6) is 0 Å². The van der Waals surface area contributed by atoms with E-state index in [0.717, 1.165) is 0 Å². The van der Waals surface area contributed by atoms with Crippen LogP contribution in [0.4, 0.5) is 0 Å². The zero-order valence-electron chi connectivity index (χ0n) is 9.01. The van der Waals surface area contributed by atoms with Gasteiger partial charge in [0.25, 0.3) is 0 Å². The first-order valence-electron chi connectivity index (χ1n) is 4.88. The molecule has 0 saturated carbocycles. The van der Waals surface area contributed by atoms with Gasteiger partial charge in [-0.15, -0.1) is 11.8 Å². The Morgan fingerprint density at radius 3 is 2.69 bits per heavy atom. The van der Waals surface area contributed by atoms with Gasteiger partial charge in [0, 0.05) is 17.3 Å².